The Bertz CT molecular complexity index is 3400. The van der Waals surface area contributed by atoms with Gasteiger partial charge in [-0.05, 0) is 99.2 Å². The number of pyridine rings is 1. The summed E-state index contributed by atoms with van der Waals surface area (Å²) >= 11 is 0. The van der Waals surface area contributed by atoms with Crippen molar-refractivity contribution in [1.29, 1.82) is 0 Å². The Labute approximate surface area is 415 Å². The van der Waals surface area contributed by atoms with Crippen LogP contribution in [0.25, 0.3) is 83.6 Å². The van der Waals surface area contributed by atoms with Crippen molar-refractivity contribution in [3.8, 4) is 50.6 Å². The van der Waals surface area contributed by atoms with Crippen LogP contribution >= 0.6 is 0 Å². The zero-order chi connectivity index (χ0) is 49.7. The number of alkyl halides is 3. The Morgan fingerprint density at radius 1 is 0.691 bits per heavy atom. The molecule has 0 aliphatic carbocycles. The first kappa shape index (κ1) is 44.1. The van der Waals surface area contributed by atoms with Crippen LogP contribution in [0.2, 0.25) is 19.6 Å². The molecule has 0 N–H and O–H groups in total. The molecule has 0 bridgehead atoms. The molecule has 0 atom stereocenters. The second kappa shape index (κ2) is 19.3. The van der Waals surface area contributed by atoms with Gasteiger partial charge in [0, 0.05) is 41.5 Å². The summed E-state index contributed by atoms with van der Waals surface area (Å²) in [7, 11) is -1.40. The van der Waals surface area contributed by atoms with Gasteiger partial charge in [0.1, 0.15) is 5.58 Å². The van der Waals surface area contributed by atoms with Crippen LogP contribution in [0.4, 0.5) is 13.2 Å². The summed E-state index contributed by atoms with van der Waals surface area (Å²) in [5, 5.41) is 3.64. The normalized spacial score (nSPS) is 12.7. The molecule has 345 valence electrons. The molecule has 4 nitrogen and oxygen atoms in total. The van der Waals surface area contributed by atoms with E-state index < -0.39 is 26.7 Å². The van der Waals surface area contributed by atoms with Crippen molar-refractivity contribution in [2.75, 3.05) is 0 Å². The maximum atomic E-state index is 12.4. The van der Waals surface area contributed by atoms with Crippen LogP contribution < -0.4 is 5.19 Å². The van der Waals surface area contributed by atoms with Crippen LogP contribution in [-0.2, 0) is 26.3 Å². The fourth-order valence-corrected chi connectivity index (χ4v) is 9.77. The van der Waals surface area contributed by atoms with E-state index in [1.807, 2.05) is 12.1 Å². The zero-order valence-corrected chi connectivity index (χ0v) is 42.3. The van der Waals surface area contributed by atoms with Gasteiger partial charge in [0.2, 0.25) is 0 Å². The van der Waals surface area contributed by atoms with Crippen LogP contribution in [0.15, 0.2) is 162 Å². The average Bonchev–Trinajstić information content (AvgIpc) is 3.92. The van der Waals surface area contributed by atoms with Gasteiger partial charge in [-0.1, -0.05) is 154 Å². The summed E-state index contributed by atoms with van der Waals surface area (Å²) in [6, 6.07) is 55.6. The van der Waals surface area contributed by atoms with Gasteiger partial charge in [0.15, 0.2) is 0 Å². The summed E-state index contributed by atoms with van der Waals surface area (Å²) in [6.45, 7) is 14.2. The number of imidazole rings is 1. The second-order valence-electron chi connectivity index (χ2n) is 18.6. The van der Waals surface area contributed by atoms with Gasteiger partial charge in [-0.15, -0.1) is 48.0 Å². The molecule has 68 heavy (non-hydrogen) atoms. The van der Waals surface area contributed by atoms with Crippen molar-refractivity contribution >= 4 is 46.2 Å². The van der Waals surface area contributed by atoms with Crippen molar-refractivity contribution in [2.45, 2.75) is 72.2 Å². The van der Waals surface area contributed by atoms with Gasteiger partial charge in [0.25, 0.3) is 0 Å². The van der Waals surface area contributed by atoms with Crippen molar-refractivity contribution in [3.05, 3.63) is 192 Å². The van der Waals surface area contributed by atoms with E-state index in [0.717, 1.165) is 62.1 Å². The number of hydrogen-bond acceptors (Lipinski definition) is 3. The smallest absolute Gasteiger partial charge is 0.381 e. The summed E-state index contributed by atoms with van der Waals surface area (Å²) in [4.78, 5) is 9.27. The SMILES string of the molecule is CC(C)c1cc(-c2ccc([Si](C)(C)C)cc2)cc(C(C)C)c1-n1c(-c2[c-]ccc3c2oc2cc(-c4ccccc4)ccc23)nc2ccccc21.[2H]C([2H])([2H])c1ccc(-c2[c-]cc(C(F)(F)F)cc2)nc1.[Ir]. The Balaban J connectivity index is 0.000000271. The van der Waals surface area contributed by atoms with E-state index in [9.17, 15) is 13.2 Å². The largest absolute Gasteiger partial charge is 0.501 e. The summed E-state index contributed by atoms with van der Waals surface area (Å²) in [6.07, 6.45) is -3.22. The first-order valence-electron chi connectivity index (χ1n) is 24.0. The van der Waals surface area contributed by atoms with Crippen LogP contribution in [0.3, 0.4) is 0 Å². The predicted octanol–water partition coefficient (Wildman–Crippen LogP) is 16.4. The third kappa shape index (κ3) is 9.66. The van der Waals surface area contributed by atoms with Crippen LogP contribution in [0, 0.1) is 19.0 Å². The molecule has 10 aromatic rings. The molecule has 7 aromatic carbocycles. The van der Waals surface area contributed by atoms with Crippen molar-refractivity contribution in [3.63, 3.8) is 0 Å². The summed E-state index contributed by atoms with van der Waals surface area (Å²) < 4.78 is 68.0. The van der Waals surface area contributed by atoms with Crippen LogP contribution in [0.5, 0.6) is 0 Å². The molecule has 9 heteroatoms. The molecule has 0 fully saturated rings. The van der Waals surface area contributed by atoms with E-state index in [2.05, 4.69) is 178 Å². The molecule has 0 spiro atoms. The number of aromatic nitrogens is 3. The second-order valence-corrected chi connectivity index (χ2v) is 23.7. The molecule has 10 rings (SSSR count). The number of benzene rings is 7. The first-order chi connectivity index (χ1) is 33.3. The summed E-state index contributed by atoms with van der Waals surface area (Å²) in [5.41, 5.74) is 13.2. The predicted molar refractivity (Wildman–Crippen MR) is 273 cm³/mol. The number of hydrogen-bond donors (Lipinski definition) is 0. The van der Waals surface area contributed by atoms with E-state index in [1.54, 1.807) is 0 Å². The molecule has 0 saturated carbocycles. The Kier molecular flexibility index (Phi) is 12.5. The third-order valence-electron chi connectivity index (χ3n) is 12.2. The molecular formula is C59H52F3IrN3OSi-2. The number of nitrogens with zero attached hydrogens (tertiary/aromatic N) is 3. The van der Waals surface area contributed by atoms with E-state index in [1.165, 1.54) is 63.1 Å². The Morgan fingerprint density at radius 3 is 1.99 bits per heavy atom. The maximum absolute atomic E-state index is 12.4. The minimum absolute atomic E-state index is 0. The van der Waals surface area contributed by atoms with E-state index in [0.29, 0.717) is 11.3 Å². The number of furan rings is 1. The molecule has 0 aliphatic heterocycles. The van der Waals surface area contributed by atoms with Gasteiger partial charge in [-0.3, -0.25) is 4.98 Å². The number of aryl methyl sites for hydroxylation is 1. The molecule has 3 heterocycles. The van der Waals surface area contributed by atoms with Crippen molar-refractivity contribution in [2.24, 2.45) is 0 Å². The van der Waals surface area contributed by atoms with Gasteiger partial charge >= 0.3 is 6.18 Å². The van der Waals surface area contributed by atoms with Crippen LogP contribution in [-0.4, -0.2) is 22.6 Å². The van der Waals surface area contributed by atoms with Gasteiger partial charge < -0.3 is 14.0 Å². The fraction of sp³-hybridized carbons (Fsp3) is 0.186. The molecule has 0 unspecified atom stereocenters. The molecule has 0 amide bonds. The zero-order valence-electron chi connectivity index (χ0n) is 41.9. The average molecular weight is 1100 g/mol. The third-order valence-corrected chi connectivity index (χ3v) is 14.3. The minimum Gasteiger partial charge on any atom is -0.501 e. The molecular weight excluding hydrogens is 1040 g/mol. The molecule has 3 aromatic heterocycles. The standard InChI is InChI=1S/C46H43N2OSi.C13H9F3N.Ir/c1-29(2)39-26-34(32-20-23-35(24-21-32)50(5,6)7)27-40(30(3)4)44(39)48-42-19-12-11-18-41(42)47-46(48)38-17-13-16-37-36-25-22-33(28-43(36)49-45(37)38)31-14-9-8-10-15-31;1-9-2-7-12(17-8-9)10-3-5-11(6-4-10)13(14,15)16;/h8-16,18-30H,1-7H3;2-3,5-8H,1H3;/q2*-1;/i;1D3;. The van der Waals surface area contributed by atoms with E-state index >= 15 is 0 Å². The Morgan fingerprint density at radius 2 is 1.37 bits per heavy atom. The number of fused-ring (bicyclic) bond motifs is 4. The van der Waals surface area contributed by atoms with Crippen molar-refractivity contribution in [1.82, 2.24) is 14.5 Å². The van der Waals surface area contributed by atoms with Gasteiger partial charge in [-0.25, -0.2) is 0 Å². The van der Waals surface area contributed by atoms with Crippen molar-refractivity contribution < 1.29 is 41.8 Å². The quantitative estimate of drug-likeness (QED) is 0.112. The number of rotatable bonds is 8. The van der Waals surface area contributed by atoms with E-state index in [-0.39, 0.29) is 37.5 Å². The molecule has 1 radical (unpaired) electrons. The van der Waals surface area contributed by atoms with Crippen LogP contribution in [0.1, 0.15) is 65.9 Å². The Hall–Kier alpha value is -6.38. The summed E-state index contributed by atoms with van der Waals surface area (Å²) in [5.74, 6) is 1.40. The minimum atomic E-state index is -4.41. The van der Waals surface area contributed by atoms with E-state index in [4.69, 9.17) is 13.5 Å². The topological polar surface area (TPSA) is 43.9 Å². The van der Waals surface area contributed by atoms with Gasteiger partial charge in [-0.2, -0.15) is 13.2 Å². The number of para-hydroxylation sites is 2. The maximum Gasteiger partial charge on any atom is 0.381 e. The first-order valence-corrected chi connectivity index (χ1v) is 26.0. The fourth-order valence-electron chi connectivity index (χ4n) is 8.60. The monoisotopic (exact) mass is 1100 g/mol. The van der Waals surface area contributed by atoms with Gasteiger partial charge in [0.05, 0.1) is 30.5 Å². The number of halogens is 3. The molecule has 0 aliphatic rings. The molecule has 0 saturated heterocycles.